The van der Waals surface area contributed by atoms with Crippen LogP contribution in [0.25, 0.3) is 11.3 Å². The third-order valence-corrected chi connectivity index (χ3v) is 5.94. The fourth-order valence-electron chi connectivity index (χ4n) is 2.13. The van der Waals surface area contributed by atoms with E-state index in [1.165, 1.54) is 11.3 Å². The molecule has 3 aromatic rings. The number of hydrogen-bond donors (Lipinski definition) is 1. The fraction of sp³-hybridized carbons (Fsp3) is 0.111. The first kappa shape index (κ1) is 19.5. The van der Waals surface area contributed by atoms with Crippen LogP contribution < -0.4 is 5.32 Å². The van der Waals surface area contributed by atoms with Gasteiger partial charge in [-0.1, -0.05) is 34.8 Å². The van der Waals surface area contributed by atoms with Gasteiger partial charge in [0.1, 0.15) is 0 Å². The average molecular weight is 444 g/mol. The quantitative estimate of drug-likeness (QED) is 0.422. The molecule has 0 radical (unpaired) electrons. The summed E-state index contributed by atoms with van der Waals surface area (Å²) in [5.74, 6) is 0.601. The number of carbonyl (C=O) groups is 1. The number of carbonyl (C=O) groups excluding carboxylic acids is 1. The van der Waals surface area contributed by atoms with Crippen LogP contribution in [0, 0.1) is 0 Å². The van der Waals surface area contributed by atoms with Crippen molar-refractivity contribution in [3.63, 3.8) is 0 Å². The summed E-state index contributed by atoms with van der Waals surface area (Å²) in [7, 11) is 0. The average Bonchev–Trinajstić information content (AvgIpc) is 3.04. The number of thioether (sulfide) groups is 1. The maximum Gasteiger partial charge on any atom is 0.226 e. The van der Waals surface area contributed by atoms with Crippen LogP contribution in [0.4, 0.5) is 5.13 Å². The second-order valence-electron chi connectivity index (χ2n) is 5.26. The molecule has 3 nitrogen and oxygen atoms in total. The lowest BCUT2D eigenvalue weighted by atomic mass is 10.2. The van der Waals surface area contributed by atoms with Crippen LogP contribution in [-0.2, 0) is 4.79 Å². The van der Waals surface area contributed by atoms with Crippen LogP contribution in [0.15, 0.2) is 52.7 Å². The summed E-state index contributed by atoms with van der Waals surface area (Å²) >= 11 is 20.9. The lowest BCUT2D eigenvalue weighted by Crippen LogP contribution is -2.11. The second-order valence-corrected chi connectivity index (χ2v) is 8.57. The monoisotopic (exact) mass is 442 g/mol. The lowest BCUT2D eigenvalue weighted by Gasteiger charge is -2.03. The molecule has 0 spiro atoms. The van der Waals surface area contributed by atoms with Crippen LogP contribution >= 0.6 is 57.9 Å². The lowest BCUT2D eigenvalue weighted by molar-refractivity contribution is -0.115. The second kappa shape index (κ2) is 9.11. The Bertz CT molecular complexity index is 913. The maximum atomic E-state index is 12.1. The van der Waals surface area contributed by atoms with E-state index in [2.05, 4.69) is 10.3 Å². The summed E-state index contributed by atoms with van der Waals surface area (Å²) in [6.07, 6.45) is 0.393. The van der Waals surface area contributed by atoms with Crippen molar-refractivity contribution in [1.82, 2.24) is 4.98 Å². The number of amides is 1. The van der Waals surface area contributed by atoms with E-state index in [0.29, 0.717) is 38.1 Å². The number of benzene rings is 2. The standard InChI is InChI=1S/C18H13Cl3N2OS2/c19-11-1-4-13(5-2-11)25-8-7-17(24)23-18-22-16(10-26-18)14-6-3-12(20)9-15(14)21/h1-6,9-10H,7-8H2,(H,22,23,24). The molecule has 0 aliphatic heterocycles. The van der Waals surface area contributed by atoms with E-state index in [-0.39, 0.29) is 5.91 Å². The van der Waals surface area contributed by atoms with Gasteiger partial charge in [0.15, 0.2) is 5.13 Å². The Kier molecular flexibility index (Phi) is 6.84. The molecule has 1 aromatic heterocycles. The summed E-state index contributed by atoms with van der Waals surface area (Å²) in [6.45, 7) is 0. The van der Waals surface area contributed by atoms with Crippen molar-refractivity contribution >= 4 is 68.9 Å². The smallest absolute Gasteiger partial charge is 0.226 e. The summed E-state index contributed by atoms with van der Waals surface area (Å²) in [5, 5.41) is 7.03. The Hall–Kier alpha value is -1.24. The first-order chi connectivity index (χ1) is 12.5. The first-order valence-electron chi connectivity index (χ1n) is 7.60. The Labute approximate surface area is 174 Å². The Balaban J connectivity index is 1.53. The molecule has 8 heteroatoms. The van der Waals surface area contributed by atoms with Crippen molar-refractivity contribution in [2.45, 2.75) is 11.3 Å². The van der Waals surface area contributed by atoms with Gasteiger partial charge in [0.25, 0.3) is 0 Å². The van der Waals surface area contributed by atoms with E-state index in [1.54, 1.807) is 23.9 Å². The molecule has 0 fully saturated rings. The Morgan fingerprint density at radius 2 is 1.81 bits per heavy atom. The topological polar surface area (TPSA) is 42.0 Å². The summed E-state index contributed by atoms with van der Waals surface area (Å²) in [6, 6.07) is 12.8. The van der Waals surface area contributed by atoms with Crippen molar-refractivity contribution in [2.24, 2.45) is 0 Å². The predicted molar refractivity (Wildman–Crippen MR) is 113 cm³/mol. The minimum atomic E-state index is -0.0745. The molecule has 0 bridgehead atoms. The minimum absolute atomic E-state index is 0.0745. The van der Waals surface area contributed by atoms with Gasteiger partial charge in [0.2, 0.25) is 5.91 Å². The molecule has 1 heterocycles. The molecule has 26 heavy (non-hydrogen) atoms. The van der Waals surface area contributed by atoms with Crippen molar-refractivity contribution in [3.8, 4) is 11.3 Å². The van der Waals surface area contributed by atoms with Gasteiger partial charge in [0.05, 0.1) is 10.7 Å². The molecule has 0 saturated carbocycles. The van der Waals surface area contributed by atoms with Gasteiger partial charge >= 0.3 is 0 Å². The van der Waals surface area contributed by atoms with Gasteiger partial charge in [-0.3, -0.25) is 4.79 Å². The van der Waals surface area contributed by atoms with E-state index < -0.39 is 0 Å². The molecule has 2 aromatic carbocycles. The highest BCUT2D eigenvalue weighted by Gasteiger charge is 2.11. The zero-order chi connectivity index (χ0) is 18.5. The normalized spacial score (nSPS) is 10.7. The van der Waals surface area contributed by atoms with Gasteiger partial charge in [-0.2, -0.15) is 0 Å². The van der Waals surface area contributed by atoms with Crippen LogP contribution in [0.3, 0.4) is 0 Å². The third-order valence-electron chi connectivity index (χ3n) is 3.37. The van der Waals surface area contributed by atoms with Crippen LogP contribution in [0.5, 0.6) is 0 Å². The zero-order valence-corrected chi connectivity index (χ0v) is 17.2. The Morgan fingerprint density at radius 3 is 2.54 bits per heavy atom. The largest absolute Gasteiger partial charge is 0.302 e. The van der Waals surface area contributed by atoms with Gasteiger partial charge in [0, 0.05) is 38.1 Å². The van der Waals surface area contributed by atoms with E-state index in [9.17, 15) is 4.79 Å². The van der Waals surface area contributed by atoms with Crippen molar-refractivity contribution in [2.75, 3.05) is 11.1 Å². The molecule has 0 atom stereocenters. The van der Waals surface area contributed by atoms with Gasteiger partial charge < -0.3 is 5.32 Å². The van der Waals surface area contributed by atoms with E-state index in [0.717, 1.165) is 10.5 Å². The molecule has 0 unspecified atom stereocenters. The highest BCUT2D eigenvalue weighted by atomic mass is 35.5. The molecule has 3 rings (SSSR count). The fourth-order valence-corrected chi connectivity index (χ4v) is 4.34. The van der Waals surface area contributed by atoms with E-state index in [4.69, 9.17) is 34.8 Å². The molecular formula is C18H13Cl3N2OS2. The first-order valence-corrected chi connectivity index (χ1v) is 10.6. The molecule has 0 aliphatic rings. The molecule has 0 aliphatic carbocycles. The summed E-state index contributed by atoms with van der Waals surface area (Å²) in [4.78, 5) is 17.6. The number of nitrogens with one attached hydrogen (secondary N) is 1. The number of rotatable bonds is 6. The molecule has 134 valence electrons. The van der Waals surface area contributed by atoms with Crippen LogP contribution in [0.2, 0.25) is 15.1 Å². The number of nitrogens with zero attached hydrogens (tertiary/aromatic N) is 1. The molecular weight excluding hydrogens is 431 g/mol. The van der Waals surface area contributed by atoms with Crippen molar-refractivity contribution < 1.29 is 4.79 Å². The van der Waals surface area contributed by atoms with E-state index in [1.807, 2.05) is 35.7 Å². The van der Waals surface area contributed by atoms with Crippen LogP contribution in [-0.4, -0.2) is 16.6 Å². The number of aromatic nitrogens is 1. The Morgan fingerprint density at radius 1 is 1.08 bits per heavy atom. The highest BCUT2D eigenvalue weighted by Crippen LogP contribution is 2.32. The number of anilines is 1. The zero-order valence-electron chi connectivity index (χ0n) is 13.3. The van der Waals surface area contributed by atoms with Gasteiger partial charge in [-0.05, 0) is 42.5 Å². The molecule has 1 amide bonds. The molecule has 0 saturated heterocycles. The summed E-state index contributed by atoms with van der Waals surface area (Å²) < 4.78 is 0. The summed E-state index contributed by atoms with van der Waals surface area (Å²) in [5.41, 5.74) is 1.49. The number of thiazole rings is 1. The minimum Gasteiger partial charge on any atom is -0.302 e. The number of hydrogen-bond acceptors (Lipinski definition) is 4. The predicted octanol–water partition coefficient (Wildman–Crippen LogP) is 6.89. The van der Waals surface area contributed by atoms with Crippen molar-refractivity contribution in [1.29, 1.82) is 0 Å². The maximum absolute atomic E-state index is 12.1. The van der Waals surface area contributed by atoms with Gasteiger partial charge in [-0.25, -0.2) is 4.98 Å². The third kappa shape index (κ3) is 5.38. The van der Waals surface area contributed by atoms with Gasteiger partial charge in [-0.15, -0.1) is 23.1 Å². The van der Waals surface area contributed by atoms with E-state index >= 15 is 0 Å². The van der Waals surface area contributed by atoms with Crippen LogP contribution in [0.1, 0.15) is 6.42 Å². The SMILES string of the molecule is O=C(CCSc1ccc(Cl)cc1)Nc1nc(-c2ccc(Cl)cc2Cl)cs1. The number of halogens is 3. The molecule has 1 N–H and O–H groups in total. The highest BCUT2D eigenvalue weighted by molar-refractivity contribution is 7.99. The van der Waals surface area contributed by atoms with Crippen molar-refractivity contribution in [3.05, 3.63) is 62.9 Å².